The fourth-order valence-electron chi connectivity index (χ4n) is 0.411. The third-order valence-electron chi connectivity index (χ3n) is 0.946. The molecule has 0 saturated carbocycles. The van der Waals surface area contributed by atoms with Gasteiger partial charge in [-0.05, 0) is 0 Å². The highest BCUT2D eigenvalue weighted by Gasteiger charge is 2.05. The van der Waals surface area contributed by atoms with E-state index in [1.165, 1.54) is 5.75 Å². The van der Waals surface area contributed by atoms with Crippen LogP contribution in [0.15, 0.2) is 0 Å². The summed E-state index contributed by atoms with van der Waals surface area (Å²) in [6.07, 6.45) is 0. The molecule has 0 saturated heterocycles. The third-order valence-corrected chi connectivity index (χ3v) is 2.52. The number of thiol groups is 2. The second-order valence-corrected chi connectivity index (χ2v) is 4.61. The summed E-state index contributed by atoms with van der Waals surface area (Å²) in [5.74, 6) is 1.14. The molecule has 1 atom stereocenters. The summed E-state index contributed by atoms with van der Waals surface area (Å²) in [5.41, 5.74) is 0. The van der Waals surface area contributed by atoms with Crippen molar-refractivity contribution in [2.24, 2.45) is 0 Å². The average Bonchev–Trinajstić information content (AvgIpc) is 1.96. The van der Waals surface area contributed by atoms with E-state index >= 15 is 0 Å². The van der Waals surface area contributed by atoms with Crippen molar-refractivity contribution in [1.29, 1.82) is 0 Å². The molecule has 1 unspecified atom stereocenters. The van der Waals surface area contributed by atoms with Crippen molar-refractivity contribution in [1.82, 2.24) is 0 Å². The molecule has 0 aliphatic carbocycles. The van der Waals surface area contributed by atoms with Gasteiger partial charge in [-0.25, -0.2) is 0 Å². The van der Waals surface area contributed by atoms with Gasteiger partial charge in [-0.15, -0.1) is 0 Å². The molecular formula is C5H11O4S3. The highest BCUT2D eigenvalue weighted by molar-refractivity contribution is 7.86. The molecule has 0 aromatic heterocycles. The smallest absolute Gasteiger partial charge is 0.267 e. The summed E-state index contributed by atoms with van der Waals surface area (Å²) < 4.78 is 33.5. The summed E-state index contributed by atoms with van der Waals surface area (Å²) in [5, 5.41) is -0.130. The number of rotatable bonds is 6. The Balaban J connectivity index is 3.34. The van der Waals surface area contributed by atoms with Crippen molar-refractivity contribution in [3.05, 3.63) is 5.75 Å². The van der Waals surface area contributed by atoms with E-state index in [4.69, 9.17) is 9.29 Å². The van der Waals surface area contributed by atoms with Crippen molar-refractivity contribution in [2.75, 3.05) is 19.0 Å². The van der Waals surface area contributed by atoms with Crippen LogP contribution in [0.3, 0.4) is 0 Å². The first-order valence-corrected chi connectivity index (χ1v) is 5.78. The number of hydrogen-bond acceptors (Lipinski definition) is 5. The van der Waals surface area contributed by atoms with Gasteiger partial charge < -0.3 is 4.74 Å². The molecule has 0 bridgehead atoms. The summed E-state index contributed by atoms with van der Waals surface area (Å²) in [6.45, 7) is 0.250. The van der Waals surface area contributed by atoms with E-state index in [9.17, 15) is 8.42 Å². The predicted octanol–water partition coefficient (Wildman–Crippen LogP) is 0.281. The number of ether oxygens (including phenoxy) is 1. The summed E-state index contributed by atoms with van der Waals surface area (Å²) >= 11 is 7.83. The van der Waals surface area contributed by atoms with Crippen LogP contribution in [0, 0.1) is 5.75 Å². The number of hydrogen-bond donors (Lipinski definition) is 3. The summed E-state index contributed by atoms with van der Waals surface area (Å²) in [6, 6.07) is 0. The highest BCUT2D eigenvalue weighted by Crippen LogP contribution is 2.02. The maximum Gasteiger partial charge on any atom is 0.267 e. The highest BCUT2D eigenvalue weighted by atomic mass is 32.2. The SMILES string of the molecule is O=S(=O)(O)CCOCC(S)[CH]S. The van der Waals surface area contributed by atoms with E-state index in [0.717, 1.165) is 0 Å². The van der Waals surface area contributed by atoms with Gasteiger partial charge in [0.2, 0.25) is 0 Å². The predicted molar refractivity (Wildman–Crippen MR) is 53.3 cm³/mol. The lowest BCUT2D eigenvalue weighted by molar-refractivity contribution is 0.155. The maximum atomic E-state index is 10.2. The van der Waals surface area contributed by atoms with Crippen LogP contribution < -0.4 is 0 Å². The first kappa shape index (κ1) is 12.6. The van der Waals surface area contributed by atoms with Crippen molar-refractivity contribution in [2.45, 2.75) is 5.25 Å². The van der Waals surface area contributed by atoms with Crippen LogP contribution in [-0.2, 0) is 14.9 Å². The lowest BCUT2D eigenvalue weighted by Crippen LogP contribution is -2.15. The molecule has 4 nitrogen and oxygen atoms in total. The molecule has 1 radical (unpaired) electrons. The Morgan fingerprint density at radius 3 is 2.58 bits per heavy atom. The average molecular weight is 231 g/mol. The van der Waals surface area contributed by atoms with Crippen LogP contribution in [0.2, 0.25) is 0 Å². The molecule has 7 heteroatoms. The second-order valence-electron chi connectivity index (χ2n) is 2.08. The van der Waals surface area contributed by atoms with E-state index in [1.54, 1.807) is 0 Å². The fraction of sp³-hybridized carbons (Fsp3) is 0.800. The van der Waals surface area contributed by atoms with Gasteiger partial charge in [0.25, 0.3) is 10.1 Å². The molecule has 12 heavy (non-hydrogen) atoms. The van der Waals surface area contributed by atoms with Crippen LogP contribution in [0.4, 0.5) is 0 Å². The molecule has 1 N–H and O–H groups in total. The lowest BCUT2D eigenvalue weighted by Gasteiger charge is -2.06. The van der Waals surface area contributed by atoms with Crippen LogP contribution in [0.1, 0.15) is 0 Å². The van der Waals surface area contributed by atoms with Crippen LogP contribution in [-0.4, -0.2) is 37.2 Å². The third kappa shape index (κ3) is 8.66. The van der Waals surface area contributed by atoms with Gasteiger partial charge in [-0.3, -0.25) is 4.55 Å². The van der Waals surface area contributed by atoms with Crippen molar-refractivity contribution >= 4 is 35.4 Å². The Kier molecular flexibility index (Phi) is 6.38. The van der Waals surface area contributed by atoms with E-state index in [1.807, 2.05) is 0 Å². The Morgan fingerprint density at radius 2 is 2.17 bits per heavy atom. The quantitative estimate of drug-likeness (QED) is 0.349. The second kappa shape index (κ2) is 6.09. The lowest BCUT2D eigenvalue weighted by atomic mass is 10.5. The molecule has 0 aromatic carbocycles. The van der Waals surface area contributed by atoms with Gasteiger partial charge in [0.15, 0.2) is 0 Å². The Morgan fingerprint density at radius 1 is 1.58 bits per heavy atom. The standard InChI is InChI=1S/C5H11O4S3/c6-12(7,8)2-1-9-3-5(11)4-10/h4-5,10-11H,1-3H2,(H,6,7,8). The Bertz CT molecular complexity index is 201. The molecule has 0 amide bonds. The van der Waals surface area contributed by atoms with Crippen LogP contribution >= 0.6 is 25.3 Å². The van der Waals surface area contributed by atoms with Crippen LogP contribution in [0.25, 0.3) is 0 Å². The minimum atomic E-state index is -3.91. The van der Waals surface area contributed by atoms with Crippen LogP contribution in [0.5, 0.6) is 0 Å². The molecule has 0 rings (SSSR count). The largest absolute Gasteiger partial charge is 0.379 e. The van der Waals surface area contributed by atoms with E-state index < -0.39 is 10.1 Å². The monoisotopic (exact) mass is 231 g/mol. The Hall–Kier alpha value is 0.570. The molecule has 0 fully saturated rings. The first-order valence-electron chi connectivity index (χ1n) is 3.14. The molecule has 0 spiro atoms. The zero-order valence-corrected chi connectivity index (χ0v) is 8.86. The normalized spacial score (nSPS) is 14.6. The summed E-state index contributed by atoms with van der Waals surface area (Å²) in [4.78, 5) is 0. The molecule has 0 aliphatic rings. The van der Waals surface area contributed by atoms with Crippen molar-refractivity contribution < 1.29 is 17.7 Å². The van der Waals surface area contributed by atoms with Crippen molar-refractivity contribution in [3.8, 4) is 0 Å². The zero-order chi connectivity index (χ0) is 9.61. The van der Waals surface area contributed by atoms with E-state index in [2.05, 4.69) is 25.3 Å². The molecular weight excluding hydrogens is 220 g/mol. The van der Waals surface area contributed by atoms with Crippen molar-refractivity contribution in [3.63, 3.8) is 0 Å². The molecule has 0 aliphatic heterocycles. The van der Waals surface area contributed by atoms with E-state index in [0.29, 0.717) is 0 Å². The maximum absolute atomic E-state index is 10.2. The van der Waals surface area contributed by atoms with Gasteiger partial charge in [0.05, 0.1) is 19.0 Å². The summed E-state index contributed by atoms with van der Waals surface area (Å²) in [7, 11) is -3.91. The minimum absolute atomic E-state index is 0.0302. The zero-order valence-electron chi connectivity index (χ0n) is 6.25. The van der Waals surface area contributed by atoms with Gasteiger partial charge >= 0.3 is 0 Å². The topological polar surface area (TPSA) is 63.6 Å². The minimum Gasteiger partial charge on any atom is -0.379 e. The fourth-order valence-corrected chi connectivity index (χ4v) is 0.931. The first-order chi connectivity index (χ1) is 5.45. The molecule has 73 valence electrons. The molecule has 0 aromatic rings. The van der Waals surface area contributed by atoms with Gasteiger partial charge in [-0.1, -0.05) is 0 Å². The van der Waals surface area contributed by atoms with Gasteiger partial charge in [-0.2, -0.15) is 33.7 Å². The molecule has 0 heterocycles. The van der Waals surface area contributed by atoms with Gasteiger partial charge in [0.1, 0.15) is 0 Å². The van der Waals surface area contributed by atoms with E-state index in [-0.39, 0.29) is 24.2 Å². The van der Waals surface area contributed by atoms with Gasteiger partial charge in [0, 0.05) is 11.0 Å². The Labute approximate surface area is 83.3 Å².